The Hall–Kier alpha value is -2.48. The summed E-state index contributed by atoms with van der Waals surface area (Å²) in [5.74, 6) is -1.20. The third kappa shape index (κ3) is 2.55. The first-order valence-corrected chi connectivity index (χ1v) is 4.69. The standard InChI is InChI=1S/C12H6F2N2O/c13-10-6-9(5-4-8(10)7-15)17-12-3-1-2-11(14)16-12/h1-6H. The molecule has 2 rings (SSSR count). The third-order valence-electron chi connectivity index (χ3n) is 1.97. The van der Waals surface area contributed by atoms with E-state index in [9.17, 15) is 8.78 Å². The predicted octanol–water partition coefficient (Wildman–Crippen LogP) is 3.02. The van der Waals surface area contributed by atoms with E-state index >= 15 is 0 Å². The smallest absolute Gasteiger partial charge is 0.221 e. The highest BCUT2D eigenvalue weighted by Crippen LogP contribution is 2.21. The van der Waals surface area contributed by atoms with Gasteiger partial charge in [-0.05, 0) is 18.2 Å². The number of aromatic nitrogens is 1. The zero-order chi connectivity index (χ0) is 12.3. The van der Waals surface area contributed by atoms with Crippen molar-refractivity contribution < 1.29 is 13.5 Å². The minimum absolute atomic E-state index is 0.0223. The van der Waals surface area contributed by atoms with E-state index in [0.29, 0.717) is 0 Å². The van der Waals surface area contributed by atoms with Crippen LogP contribution in [0.25, 0.3) is 0 Å². The molecule has 0 spiro atoms. The maximum atomic E-state index is 13.2. The van der Waals surface area contributed by atoms with Gasteiger partial charge >= 0.3 is 0 Å². The fourth-order valence-electron chi connectivity index (χ4n) is 1.22. The second-order valence-corrected chi connectivity index (χ2v) is 3.15. The number of pyridine rings is 1. The Bertz CT molecular complexity index is 593. The minimum Gasteiger partial charge on any atom is -0.439 e. The van der Waals surface area contributed by atoms with Crippen LogP contribution in [-0.4, -0.2) is 4.98 Å². The van der Waals surface area contributed by atoms with Gasteiger partial charge in [0.05, 0.1) is 5.56 Å². The van der Waals surface area contributed by atoms with E-state index in [-0.39, 0.29) is 17.2 Å². The molecular formula is C12H6F2N2O. The lowest BCUT2D eigenvalue weighted by Crippen LogP contribution is -1.91. The molecule has 0 saturated carbocycles. The van der Waals surface area contributed by atoms with Crippen molar-refractivity contribution in [1.29, 1.82) is 5.26 Å². The van der Waals surface area contributed by atoms with Gasteiger partial charge in [0.25, 0.3) is 0 Å². The summed E-state index contributed by atoms with van der Waals surface area (Å²) >= 11 is 0. The van der Waals surface area contributed by atoms with Gasteiger partial charge in [0.1, 0.15) is 17.6 Å². The predicted molar refractivity (Wildman–Crippen MR) is 55.4 cm³/mol. The summed E-state index contributed by atoms with van der Waals surface area (Å²) in [6, 6.07) is 9.47. The molecule has 0 radical (unpaired) electrons. The van der Waals surface area contributed by atoms with Gasteiger partial charge in [0.15, 0.2) is 0 Å². The van der Waals surface area contributed by atoms with Crippen molar-refractivity contribution >= 4 is 0 Å². The van der Waals surface area contributed by atoms with E-state index in [2.05, 4.69) is 4.98 Å². The molecule has 0 amide bonds. The highest BCUT2D eigenvalue weighted by atomic mass is 19.1. The molecule has 0 N–H and O–H groups in total. The molecule has 0 bridgehead atoms. The molecule has 0 unspecified atom stereocenters. The maximum Gasteiger partial charge on any atom is 0.221 e. The van der Waals surface area contributed by atoms with Crippen LogP contribution in [0, 0.1) is 23.1 Å². The average Bonchev–Trinajstić information content (AvgIpc) is 2.29. The second kappa shape index (κ2) is 4.58. The van der Waals surface area contributed by atoms with Gasteiger partial charge in [-0.3, -0.25) is 0 Å². The van der Waals surface area contributed by atoms with E-state index in [1.54, 1.807) is 6.07 Å². The van der Waals surface area contributed by atoms with Crippen LogP contribution in [0.3, 0.4) is 0 Å². The highest BCUT2D eigenvalue weighted by Gasteiger charge is 2.05. The lowest BCUT2D eigenvalue weighted by Gasteiger charge is -2.04. The summed E-state index contributed by atoms with van der Waals surface area (Å²) in [7, 11) is 0. The molecule has 84 valence electrons. The van der Waals surface area contributed by atoms with Crippen molar-refractivity contribution in [2.45, 2.75) is 0 Å². The Kier molecular flexibility index (Phi) is 2.97. The number of nitrogens with zero attached hydrogens (tertiary/aromatic N) is 2. The molecule has 5 heteroatoms. The Morgan fingerprint density at radius 3 is 2.65 bits per heavy atom. The highest BCUT2D eigenvalue weighted by molar-refractivity contribution is 5.37. The summed E-state index contributed by atoms with van der Waals surface area (Å²) < 4.78 is 31.1. The Morgan fingerprint density at radius 2 is 2.00 bits per heavy atom. The topological polar surface area (TPSA) is 45.9 Å². The van der Waals surface area contributed by atoms with Crippen molar-refractivity contribution in [3.05, 3.63) is 53.7 Å². The summed E-state index contributed by atoms with van der Waals surface area (Å²) in [6.45, 7) is 0. The molecule has 0 atom stereocenters. The van der Waals surface area contributed by atoms with E-state index in [1.165, 1.54) is 30.3 Å². The molecule has 1 aromatic carbocycles. The van der Waals surface area contributed by atoms with Gasteiger partial charge in [-0.1, -0.05) is 6.07 Å². The summed E-state index contributed by atoms with van der Waals surface area (Å²) in [4.78, 5) is 3.46. The molecule has 0 aliphatic heterocycles. The first-order valence-electron chi connectivity index (χ1n) is 4.69. The number of rotatable bonds is 2. The van der Waals surface area contributed by atoms with Crippen LogP contribution in [0.2, 0.25) is 0 Å². The fraction of sp³-hybridized carbons (Fsp3) is 0. The molecule has 0 saturated heterocycles. The Labute approximate surface area is 95.9 Å². The van der Waals surface area contributed by atoms with Crippen LogP contribution in [0.1, 0.15) is 5.56 Å². The number of hydrogen-bond donors (Lipinski definition) is 0. The van der Waals surface area contributed by atoms with Gasteiger partial charge in [-0.25, -0.2) is 4.39 Å². The van der Waals surface area contributed by atoms with Gasteiger partial charge in [-0.15, -0.1) is 0 Å². The minimum atomic E-state index is -0.693. The molecular weight excluding hydrogens is 226 g/mol. The fourth-order valence-corrected chi connectivity index (χ4v) is 1.22. The molecule has 1 heterocycles. The van der Waals surface area contributed by atoms with Crippen LogP contribution in [0.4, 0.5) is 8.78 Å². The molecule has 0 aliphatic carbocycles. The zero-order valence-electron chi connectivity index (χ0n) is 8.52. The van der Waals surface area contributed by atoms with Crippen LogP contribution >= 0.6 is 0 Å². The SMILES string of the molecule is N#Cc1ccc(Oc2cccc(F)n2)cc1F. The molecule has 2 aromatic rings. The Morgan fingerprint density at radius 1 is 1.18 bits per heavy atom. The van der Waals surface area contributed by atoms with Crippen molar-refractivity contribution in [3.63, 3.8) is 0 Å². The monoisotopic (exact) mass is 232 g/mol. The van der Waals surface area contributed by atoms with E-state index in [4.69, 9.17) is 10.00 Å². The number of ether oxygens (including phenoxy) is 1. The van der Waals surface area contributed by atoms with Gasteiger partial charge in [0, 0.05) is 12.1 Å². The second-order valence-electron chi connectivity index (χ2n) is 3.15. The lowest BCUT2D eigenvalue weighted by molar-refractivity contribution is 0.441. The largest absolute Gasteiger partial charge is 0.439 e. The number of nitriles is 1. The molecule has 3 nitrogen and oxygen atoms in total. The van der Waals surface area contributed by atoms with Crippen LogP contribution in [-0.2, 0) is 0 Å². The van der Waals surface area contributed by atoms with Crippen molar-refractivity contribution in [1.82, 2.24) is 4.98 Å². The van der Waals surface area contributed by atoms with Crippen molar-refractivity contribution in [2.24, 2.45) is 0 Å². The molecule has 1 aromatic heterocycles. The first kappa shape index (κ1) is 11.0. The molecule has 17 heavy (non-hydrogen) atoms. The van der Waals surface area contributed by atoms with E-state index in [0.717, 1.165) is 6.07 Å². The van der Waals surface area contributed by atoms with Gasteiger partial charge in [-0.2, -0.15) is 14.6 Å². The van der Waals surface area contributed by atoms with Crippen LogP contribution < -0.4 is 4.74 Å². The maximum absolute atomic E-state index is 13.2. The normalized spacial score (nSPS) is 9.71. The van der Waals surface area contributed by atoms with Crippen molar-refractivity contribution in [3.8, 4) is 17.7 Å². The quantitative estimate of drug-likeness (QED) is 0.747. The molecule has 0 aliphatic rings. The zero-order valence-corrected chi connectivity index (χ0v) is 8.52. The van der Waals surface area contributed by atoms with Crippen LogP contribution in [0.15, 0.2) is 36.4 Å². The van der Waals surface area contributed by atoms with E-state index < -0.39 is 11.8 Å². The average molecular weight is 232 g/mol. The van der Waals surface area contributed by atoms with E-state index in [1.807, 2.05) is 0 Å². The van der Waals surface area contributed by atoms with Gasteiger partial charge in [0.2, 0.25) is 11.8 Å². The summed E-state index contributed by atoms with van der Waals surface area (Å²) in [5.41, 5.74) is -0.0791. The third-order valence-corrected chi connectivity index (χ3v) is 1.97. The van der Waals surface area contributed by atoms with Crippen molar-refractivity contribution in [2.75, 3.05) is 0 Å². The number of benzene rings is 1. The first-order chi connectivity index (χ1) is 8.19. The van der Waals surface area contributed by atoms with Gasteiger partial charge < -0.3 is 4.74 Å². The lowest BCUT2D eigenvalue weighted by atomic mass is 10.2. The molecule has 0 fully saturated rings. The summed E-state index contributed by atoms with van der Waals surface area (Å²) in [5, 5.41) is 8.54. The summed E-state index contributed by atoms with van der Waals surface area (Å²) in [6.07, 6.45) is 0. The number of halogens is 2. The number of hydrogen-bond acceptors (Lipinski definition) is 3. The Balaban J connectivity index is 2.25. The van der Waals surface area contributed by atoms with Crippen LogP contribution in [0.5, 0.6) is 11.6 Å².